The fraction of sp³-hybridized carbons (Fsp3) is 0.588. The SMILES string of the molecule is CCN(Cc1ccccc1)C(=O)C1NCC2CCCC21. The number of nitrogens with zero attached hydrogens (tertiary/aromatic N) is 1. The summed E-state index contributed by atoms with van der Waals surface area (Å²) in [5.41, 5.74) is 1.21. The quantitative estimate of drug-likeness (QED) is 0.913. The third-order valence-electron chi connectivity index (χ3n) is 4.92. The van der Waals surface area contributed by atoms with Gasteiger partial charge < -0.3 is 10.2 Å². The van der Waals surface area contributed by atoms with Gasteiger partial charge >= 0.3 is 0 Å². The fourth-order valence-corrected chi connectivity index (χ4v) is 3.80. The van der Waals surface area contributed by atoms with Crippen LogP contribution in [0.1, 0.15) is 31.7 Å². The molecule has 1 N–H and O–H groups in total. The lowest BCUT2D eigenvalue weighted by Gasteiger charge is -2.27. The maximum Gasteiger partial charge on any atom is 0.240 e. The first-order chi connectivity index (χ1) is 9.79. The average Bonchev–Trinajstić information content (AvgIpc) is 3.08. The van der Waals surface area contributed by atoms with Crippen molar-refractivity contribution in [3.63, 3.8) is 0 Å². The molecule has 1 saturated heterocycles. The number of nitrogens with one attached hydrogen (secondary N) is 1. The average molecular weight is 272 g/mol. The van der Waals surface area contributed by atoms with E-state index in [2.05, 4.69) is 24.4 Å². The van der Waals surface area contributed by atoms with E-state index >= 15 is 0 Å². The molecule has 1 saturated carbocycles. The first-order valence-electron chi connectivity index (χ1n) is 7.85. The molecule has 0 bridgehead atoms. The minimum absolute atomic E-state index is 0.0613. The number of fused-ring (bicyclic) bond motifs is 1. The minimum atomic E-state index is 0.0613. The number of hydrogen-bond donors (Lipinski definition) is 1. The second-order valence-electron chi connectivity index (χ2n) is 6.08. The first-order valence-corrected chi connectivity index (χ1v) is 7.85. The van der Waals surface area contributed by atoms with Gasteiger partial charge in [-0.05, 0) is 43.7 Å². The Morgan fingerprint density at radius 1 is 1.30 bits per heavy atom. The van der Waals surface area contributed by atoms with E-state index in [4.69, 9.17) is 0 Å². The Balaban J connectivity index is 1.68. The summed E-state index contributed by atoms with van der Waals surface area (Å²) in [6.07, 6.45) is 3.81. The van der Waals surface area contributed by atoms with Crippen molar-refractivity contribution in [1.29, 1.82) is 0 Å². The summed E-state index contributed by atoms with van der Waals surface area (Å²) in [5.74, 6) is 1.61. The Morgan fingerprint density at radius 2 is 2.10 bits per heavy atom. The summed E-state index contributed by atoms with van der Waals surface area (Å²) < 4.78 is 0. The van der Waals surface area contributed by atoms with E-state index in [0.29, 0.717) is 11.8 Å². The van der Waals surface area contributed by atoms with Gasteiger partial charge in [-0.3, -0.25) is 4.79 Å². The summed E-state index contributed by atoms with van der Waals surface area (Å²) in [7, 11) is 0. The van der Waals surface area contributed by atoms with Gasteiger partial charge in [-0.25, -0.2) is 0 Å². The molecule has 1 aliphatic carbocycles. The van der Waals surface area contributed by atoms with E-state index in [1.165, 1.54) is 24.8 Å². The Kier molecular flexibility index (Phi) is 4.06. The molecular formula is C17H24N2O. The van der Waals surface area contributed by atoms with E-state index in [9.17, 15) is 4.79 Å². The third-order valence-corrected chi connectivity index (χ3v) is 4.92. The highest BCUT2D eigenvalue weighted by Gasteiger charge is 2.43. The van der Waals surface area contributed by atoms with E-state index in [-0.39, 0.29) is 6.04 Å². The van der Waals surface area contributed by atoms with Gasteiger partial charge in [0.15, 0.2) is 0 Å². The van der Waals surface area contributed by atoms with Crippen molar-refractivity contribution in [3.8, 4) is 0 Å². The number of carbonyl (C=O) groups is 1. The van der Waals surface area contributed by atoms with Crippen LogP contribution in [0.25, 0.3) is 0 Å². The van der Waals surface area contributed by atoms with Crippen molar-refractivity contribution in [3.05, 3.63) is 35.9 Å². The van der Waals surface area contributed by atoms with Gasteiger partial charge in [0.05, 0.1) is 6.04 Å². The van der Waals surface area contributed by atoms with Gasteiger partial charge in [0.2, 0.25) is 5.91 Å². The van der Waals surface area contributed by atoms with Crippen molar-refractivity contribution in [2.24, 2.45) is 11.8 Å². The van der Waals surface area contributed by atoms with Crippen molar-refractivity contribution in [1.82, 2.24) is 10.2 Å². The number of carbonyl (C=O) groups excluding carboxylic acids is 1. The van der Waals surface area contributed by atoms with Gasteiger partial charge in [-0.1, -0.05) is 36.8 Å². The summed E-state index contributed by atoms with van der Waals surface area (Å²) in [5, 5.41) is 3.47. The summed E-state index contributed by atoms with van der Waals surface area (Å²) >= 11 is 0. The molecule has 1 aromatic carbocycles. The lowest BCUT2D eigenvalue weighted by atomic mass is 9.93. The zero-order valence-corrected chi connectivity index (χ0v) is 12.2. The Bertz CT molecular complexity index is 459. The summed E-state index contributed by atoms with van der Waals surface area (Å²) in [4.78, 5) is 14.8. The molecule has 3 atom stereocenters. The number of rotatable bonds is 4. The van der Waals surface area contributed by atoms with Crippen LogP contribution >= 0.6 is 0 Å². The molecule has 0 aromatic heterocycles. The van der Waals surface area contributed by atoms with Gasteiger partial charge in [-0.2, -0.15) is 0 Å². The van der Waals surface area contributed by atoms with Gasteiger partial charge in [0, 0.05) is 13.1 Å². The molecule has 2 aliphatic rings. The largest absolute Gasteiger partial charge is 0.337 e. The molecule has 0 spiro atoms. The molecule has 3 unspecified atom stereocenters. The van der Waals surface area contributed by atoms with Crippen LogP contribution in [-0.4, -0.2) is 29.9 Å². The van der Waals surface area contributed by atoms with Crippen LogP contribution < -0.4 is 5.32 Å². The van der Waals surface area contributed by atoms with Crippen molar-refractivity contribution < 1.29 is 4.79 Å². The number of likely N-dealkylation sites (N-methyl/N-ethyl adjacent to an activating group) is 1. The van der Waals surface area contributed by atoms with Crippen LogP contribution in [0.4, 0.5) is 0 Å². The fourth-order valence-electron chi connectivity index (χ4n) is 3.80. The predicted octanol–water partition coefficient (Wildman–Crippen LogP) is 2.42. The van der Waals surface area contributed by atoms with Crippen LogP contribution in [0.5, 0.6) is 0 Å². The number of amides is 1. The molecule has 1 aliphatic heterocycles. The second-order valence-corrected chi connectivity index (χ2v) is 6.08. The van der Waals surface area contributed by atoms with Gasteiger partial charge in [-0.15, -0.1) is 0 Å². The molecule has 20 heavy (non-hydrogen) atoms. The highest BCUT2D eigenvalue weighted by Crippen LogP contribution is 2.38. The monoisotopic (exact) mass is 272 g/mol. The Morgan fingerprint density at radius 3 is 2.85 bits per heavy atom. The van der Waals surface area contributed by atoms with Crippen LogP contribution in [0, 0.1) is 11.8 Å². The van der Waals surface area contributed by atoms with Crippen molar-refractivity contribution in [2.45, 2.75) is 38.8 Å². The van der Waals surface area contributed by atoms with Gasteiger partial charge in [0.25, 0.3) is 0 Å². The third kappa shape index (κ3) is 2.59. The van der Waals surface area contributed by atoms with Crippen LogP contribution in [-0.2, 0) is 11.3 Å². The predicted molar refractivity (Wildman–Crippen MR) is 80.2 cm³/mol. The molecule has 108 valence electrons. The highest BCUT2D eigenvalue weighted by atomic mass is 16.2. The highest BCUT2D eigenvalue weighted by molar-refractivity contribution is 5.82. The topological polar surface area (TPSA) is 32.3 Å². The molecule has 3 heteroatoms. The summed E-state index contributed by atoms with van der Waals surface area (Å²) in [6, 6.07) is 10.3. The molecule has 0 radical (unpaired) electrons. The first kappa shape index (κ1) is 13.6. The molecule has 1 amide bonds. The second kappa shape index (κ2) is 5.96. The van der Waals surface area contributed by atoms with E-state index in [1.54, 1.807) is 0 Å². The lowest BCUT2D eigenvalue weighted by Crippen LogP contribution is -2.46. The Labute approximate surface area is 121 Å². The molecular weight excluding hydrogens is 248 g/mol. The van der Waals surface area contributed by atoms with E-state index < -0.39 is 0 Å². The van der Waals surface area contributed by atoms with Gasteiger partial charge in [0.1, 0.15) is 0 Å². The van der Waals surface area contributed by atoms with E-state index in [1.807, 2.05) is 23.1 Å². The maximum absolute atomic E-state index is 12.8. The van der Waals surface area contributed by atoms with Crippen molar-refractivity contribution in [2.75, 3.05) is 13.1 Å². The minimum Gasteiger partial charge on any atom is -0.337 e. The molecule has 3 rings (SSSR count). The number of hydrogen-bond acceptors (Lipinski definition) is 2. The molecule has 1 aromatic rings. The van der Waals surface area contributed by atoms with Crippen LogP contribution in [0.15, 0.2) is 30.3 Å². The molecule has 1 heterocycles. The van der Waals surface area contributed by atoms with E-state index in [0.717, 1.165) is 25.6 Å². The van der Waals surface area contributed by atoms with Crippen LogP contribution in [0.2, 0.25) is 0 Å². The Hall–Kier alpha value is -1.35. The maximum atomic E-state index is 12.8. The molecule has 2 fully saturated rings. The normalized spacial score (nSPS) is 28.4. The van der Waals surface area contributed by atoms with Crippen molar-refractivity contribution >= 4 is 5.91 Å². The lowest BCUT2D eigenvalue weighted by molar-refractivity contribution is -0.134. The smallest absolute Gasteiger partial charge is 0.240 e. The zero-order chi connectivity index (χ0) is 13.9. The zero-order valence-electron chi connectivity index (χ0n) is 12.2. The number of benzene rings is 1. The summed E-state index contributed by atoms with van der Waals surface area (Å²) in [6.45, 7) is 4.61. The molecule has 3 nitrogen and oxygen atoms in total. The van der Waals surface area contributed by atoms with Crippen LogP contribution in [0.3, 0.4) is 0 Å². The standard InChI is InChI=1S/C17H24N2O/c1-2-19(12-13-7-4-3-5-8-13)17(20)16-15-10-6-9-14(15)11-18-16/h3-5,7-8,14-16,18H,2,6,9-12H2,1H3.